The molecule has 0 fully saturated rings. The van der Waals surface area contributed by atoms with Gasteiger partial charge in [0.1, 0.15) is 37.7 Å². The maximum Gasteiger partial charge on any atom is 0.514 e. The van der Waals surface area contributed by atoms with Gasteiger partial charge in [0.05, 0.1) is 4.92 Å². The number of alkyl carbamates (subject to hydrolysis) is 2. The Hall–Kier alpha value is -6.45. The summed E-state index contributed by atoms with van der Waals surface area (Å²) in [6.07, 6.45) is 0.129. The van der Waals surface area contributed by atoms with Crippen LogP contribution < -0.4 is 26.0 Å². The fraction of sp³-hybridized carbons (Fsp3) is 0.286. The van der Waals surface area contributed by atoms with Gasteiger partial charge in [-0.3, -0.25) is 19.7 Å². The van der Waals surface area contributed by atoms with E-state index in [0.29, 0.717) is 24.1 Å². The van der Waals surface area contributed by atoms with E-state index in [4.69, 9.17) is 18.9 Å². The highest BCUT2D eigenvalue weighted by Crippen LogP contribution is 2.18. The summed E-state index contributed by atoms with van der Waals surface area (Å²) >= 11 is 0. The predicted octanol–water partition coefficient (Wildman–Crippen LogP) is 5.13. The van der Waals surface area contributed by atoms with Gasteiger partial charge in [0.2, 0.25) is 11.8 Å². The smallest absolute Gasteiger partial charge is 0.445 e. The molecule has 16 nitrogen and oxygen atoms in total. The van der Waals surface area contributed by atoms with Crippen LogP contribution in [0.2, 0.25) is 0 Å². The number of hydrogen-bond donors (Lipinski definition) is 4. The molecular weight excluding hydrogens is 666 g/mol. The molecule has 3 rings (SSSR count). The summed E-state index contributed by atoms with van der Waals surface area (Å²) in [4.78, 5) is 72.5. The maximum absolute atomic E-state index is 13.3. The van der Waals surface area contributed by atoms with Crippen LogP contribution in [0.5, 0.6) is 5.75 Å². The lowest BCUT2D eigenvalue weighted by Gasteiger charge is -2.21. The van der Waals surface area contributed by atoms with Crippen LogP contribution in [-0.4, -0.2) is 60.3 Å². The zero-order valence-corrected chi connectivity index (χ0v) is 27.8. The first-order valence-electron chi connectivity index (χ1n) is 15.8. The van der Waals surface area contributed by atoms with Gasteiger partial charge in [-0.05, 0) is 61.6 Å². The van der Waals surface area contributed by atoms with Crippen molar-refractivity contribution in [2.45, 2.75) is 51.5 Å². The Morgan fingerprint density at radius 1 is 0.804 bits per heavy atom. The van der Waals surface area contributed by atoms with Crippen LogP contribution in [0.25, 0.3) is 0 Å². The van der Waals surface area contributed by atoms with Crippen molar-refractivity contribution in [1.29, 1.82) is 0 Å². The fourth-order valence-electron chi connectivity index (χ4n) is 4.24. The number of rotatable bonds is 18. The summed E-state index contributed by atoms with van der Waals surface area (Å²) in [6.45, 7) is 5.12. The Bertz CT molecular complexity index is 1630. The van der Waals surface area contributed by atoms with Gasteiger partial charge in [0.15, 0.2) is 0 Å². The average Bonchev–Trinajstić information content (AvgIpc) is 3.12. The van der Waals surface area contributed by atoms with E-state index < -0.39 is 47.2 Å². The van der Waals surface area contributed by atoms with Crippen LogP contribution in [0.1, 0.15) is 37.3 Å². The number of amides is 4. The minimum atomic E-state index is -1.03. The second-order valence-electron chi connectivity index (χ2n) is 10.9. The molecule has 51 heavy (non-hydrogen) atoms. The molecule has 4 N–H and O–H groups in total. The zero-order valence-electron chi connectivity index (χ0n) is 27.8. The van der Waals surface area contributed by atoms with Gasteiger partial charge in [-0.2, -0.15) is 0 Å². The molecule has 0 saturated heterocycles. The van der Waals surface area contributed by atoms with E-state index >= 15 is 0 Å². The predicted molar refractivity (Wildman–Crippen MR) is 184 cm³/mol. The van der Waals surface area contributed by atoms with E-state index in [1.54, 1.807) is 48.5 Å². The molecular formula is C35H39N5O11. The number of nitrogens with one attached hydrogen (secondary N) is 4. The molecule has 0 aliphatic heterocycles. The van der Waals surface area contributed by atoms with Crippen LogP contribution in [0.4, 0.5) is 25.8 Å². The van der Waals surface area contributed by atoms with E-state index in [1.807, 2.05) is 6.07 Å². The van der Waals surface area contributed by atoms with Crippen molar-refractivity contribution in [3.05, 3.63) is 113 Å². The fourth-order valence-corrected chi connectivity index (χ4v) is 4.24. The number of unbranched alkanes of at least 4 members (excludes halogenated alkanes) is 1. The first kappa shape index (κ1) is 39.0. The number of nitrogens with zero attached hydrogens (tertiary/aromatic N) is 1. The molecule has 0 spiro atoms. The third kappa shape index (κ3) is 14.7. The van der Waals surface area contributed by atoms with Gasteiger partial charge < -0.3 is 40.2 Å². The first-order valence-corrected chi connectivity index (χ1v) is 15.8. The second kappa shape index (κ2) is 20.8. The Morgan fingerprint density at radius 2 is 1.47 bits per heavy atom. The minimum Gasteiger partial charge on any atom is -0.445 e. The highest BCUT2D eigenvalue weighted by molar-refractivity contribution is 5.98. The van der Waals surface area contributed by atoms with Crippen molar-refractivity contribution in [2.75, 3.05) is 18.5 Å². The molecule has 1 unspecified atom stereocenters. The molecule has 0 heterocycles. The molecule has 0 aliphatic carbocycles. The van der Waals surface area contributed by atoms with Crippen molar-refractivity contribution < 1.29 is 47.8 Å². The number of anilines is 1. The van der Waals surface area contributed by atoms with E-state index in [9.17, 15) is 34.1 Å². The van der Waals surface area contributed by atoms with Gasteiger partial charge in [0, 0.05) is 24.4 Å². The lowest BCUT2D eigenvalue weighted by molar-refractivity contribution is -0.384. The molecule has 0 aromatic heterocycles. The van der Waals surface area contributed by atoms with Crippen molar-refractivity contribution in [2.24, 2.45) is 0 Å². The van der Waals surface area contributed by atoms with Gasteiger partial charge in [-0.1, -0.05) is 55.1 Å². The summed E-state index contributed by atoms with van der Waals surface area (Å²) < 4.78 is 20.1. The number of non-ortho nitro benzene ring substituents is 1. The molecule has 0 saturated carbocycles. The molecule has 4 amide bonds. The number of carbonyl (C=O) groups is 5. The first-order chi connectivity index (χ1) is 24.5. The normalized spacial score (nSPS) is 11.5. The third-order valence-corrected chi connectivity index (χ3v) is 6.92. The highest BCUT2D eigenvalue weighted by Gasteiger charge is 2.25. The zero-order chi connectivity index (χ0) is 37.0. The topological polar surface area (TPSA) is 214 Å². The van der Waals surface area contributed by atoms with Gasteiger partial charge in [-0.15, -0.1) is 0 Å². The van der Waals surface area contributed by atoms with Crippen molar-refractivity contribution in [3.63, 3.8) is 0 Å². The Balaban J connectivity index is 1.53. The molecule has 3 aromatic rings. The summed E-state index contributed by atoms with van der Waals surface area (Å²) in [6, 6.07) is 18.2. The van der Waals surface area contributed by atoms with E-state index in [0.717, 1.165) is 5.56 Å². The maximum atomic E-state index is 13.3. The van der Waals surface area contributed by atoms with Crippen molar-refractivity contribution in [3.8, 4) is 5.75 Å². The van der Waals surface area contributed by atoms with Crippen LogP contribution in [0.3, 0.4) is 0 Å². The summed E-state index contributed by atoms with van der Waals surface area (Å²) in [5, 5.41) is 21.2. The standard InChI is InChI=1S/C35H39N5O11/c1-3-21-48-33(43)36-20-8-7-11-30(39-31(41)24(2)37-34(44)49-22-25-9-5-4-6-10-25)32(42)38-27-14-12-26(13-15-27)23-50-35(45)51-29-18-16-28(17-19-29)40(46)47/h3-6,9-10,12-19,24,30H,1,7-8,11,20-23H2,2H3,(H,36,43)(H,37,44)(H,38,42)(H,39,41)/t24?,30-/m0/s1. The number of benzene rings is 3. The lowest BCUT2D eigenvalue weighted by atomic mass is 10.1. The molecule has 0 radical (unpaired) electrons. The second-order valence-corrected chi connectivity index (χ2v) is 10.9. The van der Waals surface area contributed by atoms with Crippen LogP contribution in [0.15, 0.2) is 91.5 Å². The van der Waals surface area contributed by atoms with E-state index in [2.05, 4.69) is 27.8 Å². The number of carbonyl (C=O) groups excluding carboxylic acids is 5. The monoisotopic (exact) mass is 705 g/mol. The van der Waals surface area contributed by atoms with Gasteiger partial charge >= 0.3 is 18.3 Å². The Morgan fingerprint density at radius 3 is 2.14 bits per heavy atom. The number of nitro benzene ring substituents is 1. The minimum absolute atomic E-state index is 0.0123. The highest BCUT2D eigenvalue weighted by atomic mass is 16.7. The summed E-state index contributed by atoms with van der Waals surface area (Å²) in [7, 11) is 0. The van der Waals surface area contributed by atoms with Crippen molar-refractivity contribution in [1.82, 2.24) is 16.0 Å². The van der Waals surface area contributed by atoms with Crippen molar-refractivity contribution >= 4 is 41.5 Å². The molecule has 0 bridgehead atoms. The van der Waals surface area contributed by atoms with Gasteiger partial charge in [0.25, 0.3) is 5.69 Å². The van der Waals surface area contributed by atoms with E-state index in [-0.39, 0.29) is 44.2 Å². The quantitative estimate of drug-likeness (QED) is 0.0259. The molecule has 0 aliphatic rings. The summed E-state index contributed by atoms with van der Waals surface area (Å²) in [5.41, 5.74) is 1.57. The molecule has 270 valence electrons. The van der Waals surface area contributed by atoms with Crippen LogP contribution in [0, 0.1) is 10.1 Å². The largest absolute Gasteiger partial charge is 0.514 e. The summed E-state index contributed by atoms with van der Waals surface area (Å²) in [5.74, 6) is -1.08. The molecule has 2 atom stereocenters. The number of hydrogen-bond acceptors (Lipinski definition) is 11. The van der Waals surface area contributed by atoms with Gasteiger partial charge in [-0.25, -0.2) is 14.4 Å². The molecule has 16 heteroatoms. The Kier molecular flexibility index (Phi) is 15.9. The molecule has 3 aromatic carbocycles. The number of nitro groups is 1. The number of ether oxygens (including phenoxy) is 4. The SMILES string of the molecule is C=CCOC(=O)NCCCC[C@H](NC(=O)C(C)NC(=O)OCc1ccccc1)C(=O)Nc1ccc(COC(=O)Oc2ccc([N+](=O)[O-])cc2)cc1. The lowest BCUT2D eigenvalue weighted by Crippen LogP contribution is -2.51. The van der Waals surface area contributed by atoms with Crippen LogP contribution >= 0.6 is 0 Å². The Labute approximate surface area is 293 Å². The van der Waals surface area contributed by atoms with E-state index in [1.165, 1.54) is 37.3 Å². The third-order valence-electron chi connectivity index (χ3n) is 6.92. The van der Waals surface area contributed by atoms with Crippen LogP contribution in [-0.2, 0) is 37.0 Å². The average molecular weight is 706 g/mol.